The fourth-order valence-corrected chi connectivity index (χ4v) is 9.93. The molecule has 3 heteroatoms. The van der Waals surface area contributed by atoms with Gasteiger partial charge in [-0.25, -0.2) is 0 Å². The molecule has 53 heavy (non-hydrogen) atoms. The van der Waals surface area contributed by atoms with Crippen LogP contribution in [0.2, 0.25) is 0 Å². The molecule has 0 aliphatic carbocycles. The molecule has 0 fully saturated rings. The minimum atomic E-state index is 0.897. The minimum absolute atomic E-state index is 0.897. The Labute approximate surface area is 307 Å². The van der Waals surface area contributed by atoms with Crippen LogP contribution < -0.4 is 0 Å². The smallest absolute Gasteiger partial charge is 0.144 e. The van der Waals surface area contributed by atoms with Crippen LogP contribution in [0.5, 0.6) is 0 Å². The van der Waals surface area contributed by atoms with Crippen LogP contribution in [0.1, 0.15) is 0 Å². The van der Waals surface area contributed by atoms with Crippen LogP contribution in [0.25, 0.3) is 119 Å². The number of para-hydroxylation sites is 1. The van der Waals surface area contributed by atoms with Crippen molar-refractivity contribution in [2.45, 2.75) is 0 Å². The first kappa shape index (κ1) is 29.0. The van der Waals surface area contributed by atoms with E-state index in [2.05, 4.69) is 158 Å². The molecule has 2 nitrogen and oxygen atoms in total. The topological polar surface area (TPSA) is 26.3 Å². The maximum Gasteiger partial charge on any atom is 0.144 e. The summed E-state index contributed by atoms with van der Waals surface area (Å²) in [6.07, 6.45) is 0. The highest BCUT2D eigenvalue weighted by Crippen LogP contribution is 2.52. The number of hydrogen-bond donors (Lipinski definition) is 0. The largest absolute Gasteiger partial charge is 0.456 e. The average Bonchev–Trinajstić information content (AvgIpc) is 3.91. The summed E-state index contributed by atoms with van der Waals surface area (Å²) in [5, 5.41) is 13.1. The van der Waals surface area contributed by atoms with E-state index in [9.17, 15) is 0 Å². The first-order chi connectivity index (χ1) is 26.3. The highest BCUT2D eigenvalue weighted by molar-refractivity contribution is 7.26. The Kier molecular flexibility index (Phi) is 5.96. The predicted octanol–water partition coefficient (Wildman–Crippen LogP) is 15.2. The summed E-state index contributed by atoms with van der Waals surface area (Å²) in [4.78, 5) is 0. The predicted molar refractivity (Wildman–Crippen MR) is 225 cm³/mol. The lowest BCUT2D eigenvalue weighted by molar-refractivity contribution is 0.636. The van der Waals surface area contributed by atoms with Gasteiger partial charge < -0.3 is 8.83 Å². The van der Waals surface area contributed by atoms with Crippen molar-refractivity contribution >= 4 is 96.7 Å². The third kappa shape index (κ3) is 4.08. The van der Waals surface area contributed by atoms with Gasteiger partial charge in [-0.2, -0.15) is 0 Å². The van der Waals surface area contributed by atoms with Gasteiger partial charge in [0.2, 0.25) is 0 Å². The van der Waals surface area contributed by atoms with Gasteiger partial charge in [-0.05, 0) is 79.8 Å². The van der Waals surface area contributed by atoms with Crippen molar-refractivity contribution in [3.05, 3.63) is 170 Å². The Morgan fingerprint density at radius 1 is 0.340 bits per heavy atom. The summed E-state index contributed by atoms with van der Waals surface area (Å²) in [6.45, 7) is 0. The number of benzene rings is 9. The average molecular weight is 693 g/mol. The standard InChI is InChI=1S/C50H28O2S/c1-2-12-29(13-3-1)49-48(39-25-27-43-47(50(39)52-49)38-19-9-11-21-42(38)53-43)46-35-16-6-4-14-33(35)44(34-15-5-7-17-36(34)46)31-22-24-32-30(28-31)23-26-41-45(32)37-18-8-10-20-40(37)51-41/h1-28H. The summed E-state index contributed by atoms with van der Waals surface area (Å²) >= 11 is 1.82. The Bertz CT molecular complexity index is 3390. The number of thiophene rings is 1. The first-order valence-corrected chi connectivity index (χ1v) is 18.8. The number of furan rings is 2. The molecule has 12 rings (SSSR count). The van der Waals surface area contributed by atoms with Gasteiger partial charge in [0.05, 0.1) is 0 Å². The maximum absolute atomic E-state index is 7.14. The quantitative estimate of drug-likeness (QED) is 0.172. The van der Waals surface area contributed by atoms with Crippen molar-refractivity contribution < 1.29 is 8.83 Å². The molecule has 3 aromatic heterocycles. The van der Waals surface area contributed by atoms with E-state index in [-0.39, 0.29) is 0 Å². The minimum Gasteiger partial charge on any atom is -0.456 e. The Morgan fingerprint density at radius 2 is 0.981 bits per heavy atom. The van der Waals surface area contributed by atoms with E-state index in [1.165, 1.54) is 74.6 Å². The van der Waals surface area contributed by atoms with E-state index in [1.807, 2.05) is 23.5 Å². The fourth-order valence-electron chi connectivity index (χ4n) is 8.82. The van der Waals surface area contributed by atoms with E-state index in [1.54, 1.807) is 0 Å². The second-order valence-corrected chi connectivity index (χ2v) is 15.0. The van der Waals surface area contributed by atoms with E-state index in [4.69, 9.17) is 8.83 Å². The van der Waals surface area contributed by atoms with Crippen molar-refractivity contribution in [1.29, 1.82) is 0 Å². The molecular formula is C50H28O2S. The lowest BCUT2D eigenvalue weighted by Gasteiger charge is -2.18. The lowest BCUT2D eigenvalue weighted by atomic mass is 9.84. The van der Waals surface area contributed by atoms with Gasteiger partial charge in [-0.1, -0.05) is 133 Å². The number of rotatable bonds is 3. The summed E-state index contributed by atoms with van der Waals surface area (Å²) in [6, 6.07) is 61.2. The van der Waals surface area contributed by atoms with Gasteiger partial charge in [0.1, 0.15) is 22.5 Å². The highest BCUT2D eigenvalue weighted by atomic mass is 32.1. The fraction of sp³-hybridized carbons (Fsp3) is 0. The molecule has 246 valence electrons. The zero-order valence-corrected chi connectivity index (χ0v) is 29.2. The molecule has 0 spiro atoms. The molecule has 0 unspecified atom stereocenters. The molecule has 3 heterocycles. The SMILES string of the molecule is c1ccc(-c2oc3c(ccc4sc5ccccc5c43)c2-c2c3ccccc3c(-c3ccc4c(ccc5oc6ccccc6c54)c3)c3ccccc23)cc1. The molecule has 0 amide bonds. The van der Waals surface area contributed by atoms with E-state index >= 15 is 0 Å². The van der Waals surface area contributed by atoms with Crippen LogP contribution in [-0.4, -0.2) is 0 Å². The zero-order valence-electron chi connectivity index (χ0n) is 28.4. The zero-order chi connectivity index (χ0) is 34.6. The van der Waals surface area contributed by atoms with Crippen molar-refractivity contribution in [2.24, 2.45) is 0 Å². The normalized spacial score (nSPS) is 12.2. The Morgan fingerprint density at radius 3 is 1.75 bits per heavy atom. The lowest BCUT2D eigenvalue weighted by Crippen LogP contribution is -1.92. The molecule has 0 bridgehead atoms. The number of hydrogen-bond acceptors (Lipinski definition) is 3. The highest BCUT2D eigenvalue weighted by Gasteiger charge is 2.26. The molecule has 0 atom stereocenters. The molecule has 0 saturated heterocycles. The van der Waals surface area contributed by atoms with Gasteiger partial charge in [-0.15, -0.1) is 11.3 Å². The molecular weight excluding hydrogens is 665 g/mol. The third-order valence-electron chi connectivity index (χ3n) is 11.1. The van der Waals surface area contributed by atoms with E-state index in [0.717, 1.165) is 44.4 Å². The summed E-state index contributed by atoms with van der Waals surface area (Å²) in [5.74, 6) is 0.897. The Balaban J connectivity index is 1.19. The van der Waals surface area contributed by atoms with Gasteiger partial charge in [-0.3, -0.25) is 0 Å². The monoisotopic (exact) mass is 692 g/mol. The molecule has 0 saturated carbocycles. The van der Waals surface area contributed by atoms with E-state index < -0.39 is 0 Å². The van der Waals surface area contributed by atoms with Crippen molar-refractivity contribution in [3.63, 3.8) is 0 Å². The van der Waals surface area contributed by atoms with Crippen LogP contribution in [0.4, 0.5) is 0 Å². The van der Waals surface area contributed by atoms with E-state index in [0.29, 0.717) is 0 Å². The van der Waals surface area contributed by atoms with Crippen LogP contribution in [0.3, 0.4) is 0 Å². The summed E-state index contributed by atoms with van der Waals surface area (Å²) in [7, 11) is 0. The molecule has 9 aromatic carbocycles. The molecule has 0 radical (unpaired) electrons. The molecule has 0 N–H and O–H groups in total. The second-order valence-electron chi connectivity index (χ2n) is 13.9. The maximum atomic E-state index is 7.14. The van der Waals surface area contributed by atoms with Crippen LogP contribution in [0.15, 0.2) is 179 Å². The molecule has 12 aromatic rings. The van der Waals surface area contributed by atoms with Gasteiger partial charge >= 0.3 is 0 Å². The van der Waals surface area contributed by atoms with Crippen molar-refractivity contribution in [2.75, 3.05) is 0 Å². The van der Waals surface area contributed by atoms with Crippen LogP contribution in [-0.2, 0) is 0 Å². The summed E-state index contributed by atoms with van der Waals surface area (Å²) < 4.78 is 15.9. The van der Waals surface area contributed by atoms with Crippen LogP contribution in [0, 0.1) is 0 Å². The molecule has 0 aliphatic heterocycles. The van der Waals surface area contributed by atoms with Gasteiger partial charge in [0.25, 0.3) is 0 Å². The number of fused-ring (bicyclic) bond motifs is 12. The van der Waals surface area contributed by atoms with Crippen LogP contribution >= 0.6 is 11.3 Å². The van der Waals surface area contributed by atoms with Crippen molar-refractivity contribution in [3.8, 4) is 33.6 Å². The van der Waals surface area contributed by atoms with Crippen molar-refractivity contribution in [1.82, 2.24) is 0 Å². The first-order valence-electron chi connectivity index (χ1n) is 18.0. The van der Waals surface area contributed by atoms with Gasteiger partial charge in [0.15, 0.2) is 0 Å². The second kappa shape index (κ2) is 10.9. The summed E-state index contributed by atoms with van der Waals surface area (Å²) in [5.41, 5.74) is 8.60. The third-order valence-corrected chi connectivity index (χ3v) is 12.2. The molecule has 0 aliphatic rings. The van der Waals surface area contributed by atoms with Gasteiger partial charge in [0, 0.05) is 53.0 Å². The Hall–Kier alpha value is -6.68.